The van der Waals surface area contributed by atoms with Gasteiger partial charge in [0, 0.05) is 18.1 Å². The number of carbonyl (C=O) groups is 2. The second-order valence-corrected chi connectivity index (χ2v) is 10.4. The molecule has 2 aromatic carbocycles. The molecule has 2 rings (SSSR count). The van der Waals surface area contributed by atoms with Crippen LogP contribution in [0.2, 0.25) is 10.0 Å². The highest BCUT2D eigenvalue weighted by atomic mass is 35.5. The summed E-state index contributed by atoms with van der Waals surface area (Å²) in [7, 11) is -4.25. The van der Waals surface area contributed by atoms with Crippen LogP contribution in [0.5, 0.6) is 0 Å². The predicted octanol–water partition coefficient (Wildman–Crippen LogP) is 4.33. The van der Waals surface area contributed by atoms with Gasteiger partial charge in [0.25, 0.3) is 0 Å². The third-order valence-electron chi connectivity index (χ3n) is 5.01. The van der Waals surface area contributed by atoms with Crippen molar-refractivity contribution in [2.24, 2.45) is 0 Å². The van der Waals surface area contributed by atoms with Crippen molar-refractivity contribution in [1.29, 1.82) is 0 Å². The molecule has 0 aromatic heterocycles. The van der Waals surface area contributed by atoms with E-state index in [0.717, 1.165) is 17.2 Å². The van der Waals surface area contributed by atoms with E-state index in [1.165, 1.54) is 6.92 Å². The molecule has 0 saturated carbocycles. The van der Waals surface area contributed by atoms with Crippen LogP contribution in [-0.2, 0) is 32.3 Å². The summed E-state index contributed by atoms with van der Waals surface area (Å²) in [6, 6.07) is 7.59. The van der Waals surface area contributed by atoms with Crippen LogP contribution in [0.25, 0.3) is 0 Å². The number of carbonyl (C=O) groups excluding carboxylic acids is 2. The first-order chi connectivity index (χ1) is 16.1. The number of rotatable bonds is 9. The van der Waals surface area contributed by atoms with Gasteiger partial charge in [-0.1, -0.05) is 35.3 Å². The van der Waals surface area contributed by atoms with E-state index in [0.29, 0.717) is 33.6 Å². The molecule has 0 aliphatic rings. The third-order valence-corrected chi connectivity index (χ3v) is 6.70. The molecule has 0 bridgehead atoms. The first-order valence-electron chi connectivity index (χ1n) is 10.3. The first-order valence-corrected chi connectivity index (χ1v) is 12.9. The number of halogens is 5. The minimum absolute atomic E-state index is 0.0811. The molecule has 2 aromatic rings. The van der Waals surface area contributed by atoms with Crippen LogP contribution in [0.1, 0.15) is 25.0 Å². The number of likely N-dealkylation sites (N-methyl/N-ethyl adjacent to an activating group) is 1. The quantitative estimate of drug-likeness (QED) is 0.500. The SMILES string of the molecule is CCNC(=O)[C@H](C)N(Cc1ccc(Cl)cc1)C(=O)CN(c1cc(C(F)(F)F)ccc1Cl)S(C)(=O)=O. The van der Waals surface area contributed by atoms with Crippen LogP contribution in [0.4, 0.5) is 18.9 Å². The van der Waals surface area contributed by atoms with Gasteiger partial charge in [-0.3, -0.25) is 13.9 Å². The molecule has 0 radical (unpaired) electrons. The van der Waals surface area contributed by atoms with Gasteiger partial charge in [0.05, 0.1) is 22.5 Å². The lowest BCUT2D eigenvalue weighted by molar-refractivity contribution is -0.139. The summed E-state index contributed by atoms with van der Waals surface area (Å²) in [6.45, 7) is 2.48. The van der Waals surface area contributed by atoms with E-state index in [1.807, 2.05) is 0 Å². The molecular weight excluding hydrogens is 530 g/mol. The molecule has 0 saturated heterocycles. The Morgan fingerprint density at radius 2 is 1.69 bits per heavy atom. The molecule has 0 spiro atoms. The van der Waals surface area contributed by atoms with Gasteiger partial charge in [-0.05, 0) is 49.7 Å². The number of hydrogen-bond acceptors (Lipinski definition) is 4. The summed E-state index contributed by atoms with van der Waals surface area (Å²) in [5.41, 5.74) is -1.04. The lowest BCUT2D eigenvalue weighted by Crippen LogP contribution is -2.51. The topological polar surface area (TPSA) is 86.8 Å². The average Bonchev–Trinajstić information content (AvgIpc) is 2.75. The summed E-state index contributed by atoms with van der Waals surface area (Å²) < 4.78 is 65.3. The van der Waals surface area contributed by atoms with E-state index in [-0.39, 0.29) is 11.6 Å². The minimum Gasteiger partial charge on any atom is -0.355 e. The van der Waals surface area contributed by atoms with Gasteiger partial charge >= 0.3 is 6.18 Å². The Balaban J connectivity index is 2.48. The van der Waals surface area contributed by atoms with E-state index >= 15 is 0 Å². The summed E-state index contributed by atoms with van der Waals surface area (Å²) in [5, 5.41) is 2.75. The Bertz CT molecular complexity index is 1180. The number of nitrogens with zero attached hydrogens (tertiary/aromatic N) is 2. The van der Waals surface area contributed by atoms with Crippen LogP contribution in [-0.4, -0.2) is 50.5 Å². The van der Waals surface area contributed by atoms with Crippen molar-refractivity contribution in [1.82, 2.24) is 10.2 Å². The molecule has 13 heteroatoms. The molecular formula is C22H24Cl2F3N3O4S. The van der Waals surface area contributed by atoms with Gasteiger partial charge in [0.15, 0.2) is 0 Å². The van der Waals surface area contributed by atoms with E-state index in [1.54, 1.807) is 31.2 Å². The number of alkyl halides is 3. The van der Waals surface area contributed by atoms with E-state index in [9.17, 15) is 31.2 Å². The maximum atomic E-state index is 13.3. The van der Waals surface area contributed by atoms with Crippen molar-refractivity contribution in [3.8, 4) is 0 Å². The van der Waals surface area contributed by atoms with Crippen molar-refractivity contribution >= 4 is 50.7 Å². The van der Waals surface area contributed by atoms with Gasteiger partial charge in [-0.15, -0.1) is 0 Å². The summed E-state index contributed by atoms with van der Waals surface area (Å²) >= 11 is 11.9. The molecule has 192 valence electrons. The van der Waals surface area contributed by atoms with Crippen molar-refractivity contribution < 1.29 is 31.2 Å². The molecule has 0 aliphatic carbocycles. The fraction of sp³-hybridized carbons (Fsp3) is 0.364. The number of anilines is 1. The average molecular weight is 554 g/mol. The van der Waals surface area contributed by atoms with E-state index < -0.39 is 51.9 Å². The number of benzene rings is 2. The summed E-state index contributed by atoms with van der Waals surface area (Å²) in [4.78, 5) is 27.0. The number of nitrogens with one attached hydrogen (secondary N) is 1. The van der Waals surface area contributed by atoms with Crippen molar-refractivity contribution in [2.75, 3.05) is 23.7 Å². The Hall–Kier alpha value is -2.50. The summed E-state index contributed by atoms with van der Waals surface area (Å²) in [6.07, 6.45) is -4.02. The van der Waals surface area contributed by atoms with E-state index in [2.05, 4.69) is 5.32 Å². The van der Waals surface area contributed by atoms with Crippen LogP contribution in [0.15, 0.2) is 42.5 Å². The van der Waals surface area contributed by atoms with Gasteiger partial charge in [-0.2, -0.15) is 13.2 Å². The Kier molecular flexibility index (Phi) is 9.43. The van der Waals surface area contributed by atoms with Crippen molar-refractivity contribution in [3.63, 3.8) is 0 Å². The molecule has 1 N–H and O–H groups in total. The third kappa shape index (κ3) is 7.74. The maximum Gasteiger partial charge on any atom is 0.416 e. The Morgan fingerprint density at radius 3 is 2.20 bits per heavy atom. The lowest BCUT2D eigenvalue weighted by atomic mass is 10.1. The highest BCUT2D eigenvalue weighted by Gasteiger charge is 2.34. The van der Waals surface area contributed by atoms with Crippen LogP contribution in [0.3, 0.4) is 0 Å². The number of sulfonamides is 1. The monoisotopic (exact) mass is 553 g/mol. The standard InChI is InChI=1S/C22H24Cl2F3N3O4S/c1-4-28-21(32)14(2)29(12-15-5-8-17(23)9-6-15)20(31)13-30(35(3,33)34)19-11-16(22(25,26)27)7-10-18(19)24/h5-11,14H,4,12-13H2,1-3H3,(H,28,32)/t14-/m0/s1. The minimum atomic E-state index is -4.76. The van der Waals surface area contributed by atoms with Gasteiger partial charge < -0.3 is 10.2 Å². The molecule has 7 nitrogen and oxygen atoms in total. The normalized spacial score (nSPS) is 12.7. The Morgan fingerprint density at radius 1 is 1.09 bits per heavy atom. The Labute approximate surface area is 211 Å². The van der Waals surface area contributed by atoms with Gasteiger partial charge in [-0.25, -0.2) is 8.42 Å². The van der Waals surface area contributed by atoms with Crippen LogP contribution < -0.4 is 9.62 Å². The fourth-order valence-electron chi connectivity index (χ4n) is 3.17. The zero-order valence-electron chi connectivity index (χ0n) is 19.1. The first kappa shape index (κ1) is 28.7. The molecule has 0 unspecified atom stereocenters. The number of hydrogen-bond donors (Lipinski definition) is 1. The lowest BCUT2D eigenvalue weighted by Gasteiger charge is -2.31. The van der Waals surface area contributed by atoms with E-state index in [4.69, 9.17) is 23.2 Å². The fourth-order valence-corrected chi connectivity index (χ4v) is 4.41. The largest absolute Gasteiger partial charge is 0.416 e. The van der Waals surface area contributed by atoms with Crippen LogP contribution in [0, 0.1) is 0 Å². The van der Waals surface area contributed by atoms with Gasteiger partial charge in [0.1, 0.15) is 12.6 Å². The maximum absolute atomic E-state index is 13.3. The van der Waals surface area contributed by atoms with Crippen molar-refractivity contribution in [3.05, 3.63) is 63.6 Å². The highest BCUT2D eigenvalue weighted by molar-refractivity contribution is 7.92. The molecule has 0 aliphatic heterocycles. The second kappa shape index (κ2) is 11.5. The molecule has 2 amide bonds. The molecule has 0 heterocycles. The highest BCUT2D eigenvalue weighted by Crippen LogP contribution is 2.36. The zero-order valence-corrected chi connectivity index (χ0v) is 21.4. The zero-order chi connectivity index (χ0) is 26.6. The predicted molar refractivity (Wildman–Crippen MR) is 129 cm³/mol. The molecule has 35 heavy (non-hydrogen) atoms. The molecule has 0 fully saturated rings. The van der Waals surface area contributed by atoms with Gasteiger partial charge in [0.2, 0.25) is 21.8 Å². The second-order valence-electron chi connectivity index (χ2n) is 7.65. The summed E-state index contributed by atoms with van der Waals surface area (Å²) in [5.74, 6) is -1.31. The molecule has 1 atom stereocenters. The van der Waals surface area contributed by atoms with Crippen LogP contribution >= 0.6 is 23.2 Å². The smallest absolute Gasteiger partial charge is 0.355 e. The van der Waals surface area contributed by atoms with Crippen molar-refractivity contribution in [2.45, 2.75) is 32.6 Å². The number of amides is 2.